The highest BCUT2D eigenvalue weighted by Gasteiger charge is 2.32. The smallest absolute Gasteiger partial charge is 0.251 e. The van der Waals surface area contributed by atoms with Crippen LogP contribution in [0.4, 0.5) is 5.69 Å². The highest BCUT2D eigenvalue weighted by molar-refractivity contribution is 7.99. The third kappa shape index (κ3) is 8.26. The molecule has 224 valence electrons. The quantitative estimate of drug-likeness (QED) is 0.158. The number of rotatable bonds is 12. The van der Waals surface area contributed by atoms with Crippen molar-refractivity contribution >= 4 is 29.3 Å². The number of hydrogen-bond acceptors (Lipinski definition) is 8. The number of aromatic nitrogens is 2. The zero-order valence-corrected chi connectivity index (χ0v) is 26.0. The molecule has 1 N–H and O–H groups in total. The van der Waals surface area contributed by atoms with E-state index in [2.05, 4.69) is 15.3 Å². The lowest BCUT2D eigenvalue weighted by molar-refractivity contribution is -0.137. The number of thioether (sulfide) groups is 1. The molecule has 0 fully saturated rings. The van der Waals surface area contributed by atoms with Gasteiger partial charge in [0.2, 0.25) is 5.91 Å². The monoisotopic (exact) mass is 600 g/mol. The molecule has 4 rings (SSSR count). The van der Waals surface area contributed by atoms with Gasteiger partial charge in [-0.15, -0.1) is 0 Å². The first-order valence-corrected chi connectivity index (χ1v) is 14.7. The molecule has 0 saturated heterocycles. The maximum Gasteiger partial charge on any atom is 0.251 e. The van der Waals surface area contributed by atoms with E-state index in [4.69, 9.17) is 14.2 Å². The van der Waals surface area contributed by atoms with Gasteiger partial charge in [-0.2, -0.15) is 0 Å². The zero-order valence-electron chi connectivity index (χ0n) is 25.2. The van der Waals surface area contributed by atoms with Crippen LogP contribution < -0.4 is 19.5 Å². The van der Waals surface area contributed by atoms with Gasteiger partial charge in [0.15, 0.2) is 5.16 Å². The summed E-state index contributed by atoms with van der Waals surface area (Å²) >= 11 is 1.24. The van der Waals surface area contributed by atoms with Crippen LogP contribution >= 0.6 is 11.8 Å². The number of nitrogens with one attached hydrogen (secondary N) is 1. The first-order valence-electron chi connectivity index (χ1n) is 13.7. The summed E-state index contributed by atoms with van der Waals surface area (Å²) in [5, 5.41) is 3.49. The Hall–Kier alpha value is -4.57. The molecule has 9 nitrogen and oxygen atoms in total. The number of ether oxygens (including phenoxy) is 3. The van der Waals surface area contributed by atoms with E-state index in [1.165, 1.54) is 18.9 Å². The molecule has 4 aromatic rings. The largest absolute Gasteiger partial charge is 0.497 e. The molecule has 43 heavy (non-hydrogen) atoms. The van der Waals surface area contributed by atoms with Crippen LogP contribution in [0.25, 0.3) is 0 Å². The van der Waals surface area contributed by atoms with Crippen molar-refractivity contribution in [3.8, 4) is 17.2 Å². The van der Waals surface area contributed by atoms with Gasteiger partial charge in [0.05, 0.1) is 32.8 Å². The van der Waals surface area contributed by atoms with Gasteiger partial charge in [0.25, 0.3) is 5.91 Å². The van der Waals surface area contributed by atoms with Crippen LogP contribution in [-0.2, 0) is 16.1 Å². The average Bonchev–Trinajstić information content (AvgIpc) is 3.00. The van der Waals surface area contributed by atoms with Crippen molar-refractivity contribution in [2.45, 2.75) is 38.5 Å². The van der Waals surface area contributed by atoms with Gasteiger partial charge < -0.3 is 24.4 Å². The fraction of sp³-hybridized carbons (Fsp3) is 0.273. The molecular weight excluding hydrogens is 564 g/mol. The Kier molecular flexibility index (Phi) is 10.6. The van der Waals surface area contributed by atoms with Crippen molar-refractivity contribution in [2.24, 2.45) is 0 Å². The van der Waals surface area contributed by atoms with E-state index in [0.29, 0.717) is 33.7 Å². The van der Waals surface area contributed by atoms with Crippen LogP contribution in [0.15, 0.2) is 78.0 Å². The van der Waals surface area contributed by atoms with Crippen LogP contribution in [0.5, 0.6) is 17.2 Å². The van der Waals surface area contributed by atoms with Gasteiger partial charge in [0.1, 0.15) is 23.3 Å². The molecule has 1 atom stereocenters. The molecule has 1 aromatic heterocycles. The van der Waals surface area contributed by atoms with Gasteiger partial charge in [0, 0.05) is 24.0 Å². The van der Waals surface area contributed by atoms with E-state index in [0.717, 1.165) is 22.5 Å². The summed E-state index contributed by atoms with van der Waals surface area (Å²) in [6.07, 6.45) is 0. The van der Waals surface area contributed by atoms with Gasteiger partial charge >= 0.3 is 0 Å². The van der Waals surface area contributed by atoms with Crippen LogP contribution in [0.3, 0.4) is 0 Å². The first kappa shape index (κ1) is 31.4. The average molecular weight is 601 g/mol. The van der Waals surface area contributed by atoms with Crippen molar-refractivity contribution in [2.75, 3.05) is 32.4 Å². The summed E-state index contributed by atoms with van der Waals surface area (Å²) in [7, 11) is 4.65. The lowest BCUT2D eigenvalue weighted by atomic mass is 10.0. The van der Waals surface area contributed by atoms with Crippen LogP contribution in [0.1, 0.15) is 34.1 Å². The van der Waals surface area contributed by atoms with E-state index in [9.17, 15) is 9.59 Å². The number of benzene rings is 3. The predicted octanol–water partition coefficient (Wildman–Crippen LogP) is 5.93. The highest BCUT2D eigenvalue weighted by atomic mass is 32.2. The highest BCUT2D eigenvalue weighted by Crippen LogP contribution is 2.33. The molecule has 3 aromatic carbocycles. The summed E-state index contributed by atoms with van der Waals surface area (Å²) in [5.41, 5.74) is 4.71. The van der Waals surface area contributed by atoms with Gasteiger partial charge in [-0.25, -0.2) is 9.97 Å². The maximum absolute atomic E-state index is 14.2. The minimum absolute atomic E-state index is 0.0422. The van der Waals surface area contributed by atoms with Crippen molar-refractivity contribution in [3.05, 3.63) is 101 Å². The Morgan fingerprint density at radius 3 is 2.05 bits per heavy atom. The third-order valence-electron chi connectivity index (χ3n) is 6.74. The summed E-state index contributed by atoms with van der Waals surface area (Å²) in [6.45, 7) is 5.99. The standard InChI is InChI=1S/C33H36N4O5S/c1-21-7-9-24(10-8-21)19-37(30(38)20-43-33-34-22(2)17-23(3)35-33)31(25-11-13-26(40-4)14-12-25)32(39)36-28-16-15-27(41-5)18-29(28)42-6/h7-18,31H,19-20H2,1-6H3,(H,36,39)/t31-/m1/s1. The summed E-state index contributed by atoms with van der Waals surface area (Å²) in [6, 6.07) is 21.1. The van der Waals surface area contributed by atoms with Crippen LogP contribution in [-0.4, -0.2) is 53.8 Å². The van der Waals surface area contributed by atoms with Crippen LogP contribution in [0.2, 0.25) is 0 Å². The molecule has 0 saturated carbocycles. The Morgan fingerprint density at radius 2 is 1.44 bits per heavy atom. The Labute approximate surface area is 256 Å². The van der Waals surface area contributed by atoms with Gasteiger partial charge in [-0.1, -0.05) is 53.7 Å². The van der Waals surface area contributed by atoms with Crippen molar-refractivity contribution in [1.29, 1.82) is 0 Å². The van der Waals surface area contributed by atoms with Crippen LogP contribution in [0, 0.1) is 20.8 Å². The van der Waals surface area contributed by atoms with E-state index < -0.39 is 11.9 Å². The molecule has 0 aliphatic rings. The Morgan fingerprint density at radius 1 is 0.814 bits per heavy atom. The zero-order chi connectivity index (χ0) is 30.9. The minimum atomic E-state index is -0.979. The van der Waals surface area contributed by atoms with Gasteiger partial charge in [-0.3, -0.25) is 9.59 Å². The number of amides is 2. The second-order valence-electron chi connectivity index (χ2n) is 9.96. The number of nitrogens with zero attached hydrogens (tertiary/aromatic N) is 3. The third-order valence-corrected chi connectivity index (χ3v) is 7.57. The topological polar surface area (TPSA) is 103 Å². The lowest BCUT2D eigenvalue weighted by Gasteiger charge is -2.32. The SMILES string of the molecule is COc1ccc([C@H](C(=O)Nc2ccc(OC)cc2OC)N(Cc2ccc(C)cc2)C(=O)CSc2nc(C)cc(C)n2)cc1. The molecule has 1 heterocycles. The van der Waals surface area contributed by atoms with Gasteiger partial charge in [-0.05, 0) is 62.2 Å². The normalized spacial score (nSPS) is 11.4. The number of carbonyl (C=O) groups excluding carboxylic acids is 2. The fourth-order valence-corrected chi connectivity index (χ4v) is 5.38. The molecule has 0 radical (unpaired) electrons. The molecule has 0 aliphatic carbocycles. The Balaban J connectivity index is 1.74. The number of hydrogen-bond donors (Lipinski definition) is 1. The second kappa shape index (κ2) is 14.6. The molecule has 0 aliphatic heterocycles. The summed E-state index contributed by atoms with van der Waals surface area (Å²) < 4.78 is 16.2. The fourth-order valence-electron chi connectivity index (χ4n) is 4.54. The van der Waals surface area contributed by atoms with E-state index in [1.807, 2.05) is 51.1 Å². The molecule has 2 amide bonds. The number of methoxy groups -OCH3 is 3. The summed E-state index contributed by atoms with van der Waals surface area (Å²) in [5.74, 6) is 1.05. The summed E-state index contributed by atoms with van der Waals surface area (Å²) in [4.78, 5) is 38.8. The first-order chi connectivity index (χ1) is 20.7. The van der Waals surface area contributed by atoms with Crippen molar-refractivity contribution in [1.82, 2.24) is 14.9 Å². The van der Waals surface area contributed by atoms with E-state index >= 15 is 0 Å². The van der Waals surface area contributed by atoms with Crippen molar-refractivity contribution in [3.63, 3.8) is 0 Å². The molecule has 0 unspecified atom stereocenters. The minimum Gasteiger partial charge on any atom is -0.497 e. The second-order valence-corrected chi connectivity index (χ2v) is 10.9. The maximum atomic E-state index is 14.2. The molecule has 0 bridgehead atoms. The number of aryl methyl sites for hydroxylation is 3. The molecule has 0 spiro atoms. The van der Waals surface area contributed by atoms with E-state index in [-0.39, 0.29) is 18.2 Å². The van der Waals surface area contributed by atoms with Crippen molar-refractivity contribution < 1.29 is 23.8 Å². The Bertz CT molecular complexity index is 1540. The molecular formula is C33H36N4O5S. The number of anilines is 1. The lowest BCUT2D eigenvalue weighted by Crippen LogP contribution is -2.41. The molecule has 10 heteroatoms. The van der Waals surface area contributed by atoms with E-state index in [1.54, 1.807) is 61.6 Å². The number of carbonyl (C=O) groups is 2. The predicted molar refractivity (Wildman–Crippen MR) is 168 cm³/mol.